The van der Waals surface area contributed by atoms with Gasteiger partial charge in [-0.15, -0.1) is 0 Å². The van der Waals surface area contributed by atoms with Crippen molar-refractivity contribution in [2.75, 3.05) is 14.2 Å². The third-order valence-electron chi connectivity index (χ3n) is 4.50. The fraction of sp³-hybridized carbons (Fsp3) is 0.333. The number of hydrogen-bond donors (Lipinski definition) is 0. The molecule has 138 valence electrons. The first kappa shape index (κ1) is 18.6. The molecule has 3 rings (SSSR count). The highest BCUT2D eigenvalue weighted by molar-refractivity contribution is 9.10. The molecule has 0 saturated carbocycles. The van der Waals surface area contributed by atoms with Crippen LogP contribution in [0.1, 0.15) is 0 Å². The van der Waals surface area contributed by atoms with Crippen molar-refractivity contribution in [1.29, 1.82) is 0 Å². The third-order valence-corrected chi connectivity index (χ3v) is 5.03. The van der Waals surface area contributed by atoms with Crippen molar-refractivity contribution in [3.63, 3.8) is 0 Å². The van der Waals surface area contributed by atoms with Crippen LogP contribution < -0.4 is 11.2 Å². The Labute approximate surface area is 158 Å². The SMILES string of the molecule is COC(Cn1cc2c(c1-c1ccc(Br)cc1)c(=O)n(C)c(=O)n2C)OC. The molecule has 0 N–H and O–H groups in total. The van der Waals surface area contributed by atoms with E-state index in [9.17, 15) is 9.59 Å². The largest absolute Gasteiger partial charge is 0.354 e. The molecule has 0 aliphatic heterocycles. The van der Waals surface area contributed by atoms with E-state index in [0.717, 1.165) is 20.3 Å². The Morgan fingerprint density at radius 2 is 1.65 bits per heavy atom. The predicted octanol–water partition coefficient (Wildman–Crippen LogP) is 2.09. The summed E-state index contributed by atoms with van der Waals surface area (Å²) in [7, 11) is 6.26. The lowest BCUT2D eigenvalue weighted by Gasteiger charge is -2.16. The van der Waals surface area contributed by atoms with Gasteiger partial charge in [-0.05, 0) is 17.7 Å². The molecular weight excluding hydrogens is 402 g/mol. The average molecular weight is 422 g/mol. The van der Waals surface area contributed by atoms with E-state index in [-0.39, 0.29) is 11.2 Å². The van der Waals surface area contributed by atoms with Gasteiger partial charge in [-0.3, -0.25) is 13.9 Å². The summed E-state index contributed by atoms with van der Waals surface area (Å²) >= 11 is 3.43. The summed E-state index contributed by atoms with van der Waals surface area (Å²) in [5.41, 5.74) is 1.47. The van der Waals surface area contributed by atoms with E-state index in [4.69, 9.17) is 9.47 Å². The maximum absolute atomic E-state index is 12.9. The van der Waals surface area contributed by atoms with Gasteiger partial charge in [0.25, 0.3) is 5.56 Å². The second kappa shape index (κ2) is 7.22. The van der Waals surface area contributed by atoms with Crippen LogP contribution in [-0.4, -0.2) is 34.2 Å². The van der Waals surface area contributed by atoms with Gasteiger partial charge in [0.1, 0.15) is 0 Å². The molecule has 0 spiro atoms. The van der Waals surface area contributed by atoms with Crippen molar-refractivity contribution in [1.82, 2.24) is 13.7 Å². The van der Waals surface area contributed by atoms with Crippen LogP contribution in [0, 0.1) is 0 Å². The van der Waals surface area contributed by atoms with Crippen LogP contribution in [0.2, 0.25) is 0 Å². The van der Waals surface area contributed by atoms with Crippen LogP contribution in [0.15, 0.2) is 44.5 Å². The molecule has 0 aliphatic carbocycles. The average Bonchev–Trinajstić information content (AvgIpc) is 3.02. The van der Waals surface area contributed by atoms with Gasteiger partial charge in [-0.2, -0.15) is 0 Å². The summed E-state index contributed by atoms with van der Waals surface area (Å²) in [6, 6.07) is 7.67. The van der Waals surface area contributed by atoms with Crippen molar-refractivity contribution in [2.24, 2.45) is 14.1 Å². The number of ether oxygens (including phenoxy) is 2. The Morgan fingerprint density at radius 3 is 2.23 bits per heavy atom. The summed E-state index contributed by atoms with van der Waals surface area (Å²) in [5.74, 6) is 0. The number of aryl methyl sites for hydroxylation is 1. The molecule has 2 aromatic heterocycles. The lowest BCUT2D eigenvalue weighted by Crippen LogP contribution is -2.36. The van der Waals surface area contributed by atoms with E-state index in [1.54, 1.807) is 27.5 Å². The Balaban J connectivity index is 2.39. The van der Waals surface area contributed by atoms with E-state index in [1.807, 2.05) is 28.8 Å². The maximum atomic E-state index is 12.9. The zero-order valence-electron chi connectivity index (χ0n) is 15.0. The fourth-order valence-corrected chi connectivity index (χ4v) is 3.32. The van der Waals surface area contributed by atoms with E-state index < -0.39 is 6.29 Å². The molecule has 26 heavy (non-hydrogen) atoms. The van der Waals surface area contributed by atoms with Crippen LogP contribution >= 0.6 is 15.9 Å². The molecule has 8 heteroatoms. The van der Waals surface area contributed by atoms with Gasteiger partial charge >= 0.3 is 5.69 Å². The second-order valence-electron chi connectivity index (χ2n) is 6.00. The van der Waals surface area contributed by atoms with E-state index in [2.05, 4.69) is 15.9 Å². The Hall–Kier alpha value is -2.16. The minimum atomic E-state index is -0.480. The van der Waals surface area contributed by atoms with Crippen molar-refractivity contribution in [3.05, 3.63) is 55.8 Å². The summed E-state index contributed by atoms with van der Waals surface area (Å²) in [6.45, 7) is 0.379. The third kappa shape index (κ3) is 3.04. The minimum Gasteiger partial charge on any atom is -0.354 e. The maximum Gasteiger partial charge on any atom is 0.330 e. The van der Waals surface area contributed by atoms with Gasteiger partial charge in [0.2, 0.25) is 0 Å². The van der Waals surface area contributed by atoms with Crippen molar-refractivity contribution in [2.45, 2.75) is 12.8 Å². The molecule has 0 saturated heterocycles. The van der Waals surface area contributed by atoms with Gasteiger partial charge in [0.05, 0.1) is 23.1 Å². The molecule has 0 fully saturated rings. The molecule has 0 aliphatic rings. The monoisotopic (exact) mass is 421 g/mol. The molecule has 3 aromatic rings. The van der Waals surface area contributed by atoms with Crippen LogP contribution in [0.4, 0.5) is 0 Å². The van der Waals surface area contributed by atoms with Crippen molar-refractivity contribution >= 4 is 26.8 Å². The van der Waals surface area contributed by atoms with E-state index in [1.165, 1.54) is 11.6 Å². The first-order valence-corrected chi connectivity index (χ1v) is 8.78. The van der Waals surface area contributed by atoms with Crippen LogP contribution in [0.5, 0.6) is 0 Å². The Kier molecular flexibility index (Phi) is 5.17. The van der Waals surface area contributed by atoms with E-state index >= 15 is 0 Å². The van der Waals surface area contributed by atoms with Gasteiger partial charge < -0.3 is 14.0 Å². The molecule has 0 amide bonds. The van der Waals surface area contributed by atoms with Gasteiger partial charge in [-0.1, -0.05) is 28.1 Å². The summed E-state index contributed by atoms with van der Waals surface area (Å²) in [4.78, 5) is 25.2. The minimum absolute atomic E-state index is 0.328. The van der Waals surface area contributed by atoms with Crippen molar-refractivity contribution < 1.29 is 9.47 Å². The quantitative estimate of drug-likeness (QED) is 0.591. The molecule has 0 unspecified atom stereocenters. The van der Waals surface area contributed by atoms with Gasteiger partial charge in [0.15, 0.2) is 6.29 Å². The smallest absolute Gasteiger partial charge is 0.330 e. The highest BCUT2D eigenvalue weighted by Crippen LogP contribution is 2.29. The molecule has 1 aromatic carbocycles. The Morgan fingerprint density at radius 1 is 1.04 bits per heavy atom. The number of aromatic nitrogens is 3. The summed E-state index contributed by atoms with van der Waals surface area (Å²) in [5, 5.41) is 0.489. The lowest BCUT2D eigenvalue weighted by atomic mass is 10.1. The molecule has 0 atom stereocenters. The number of nitrogens with zero attached hydrogens (tertiary/aromatic N) is 3. The first-order valence-electron chi connectivity index (χ1n) is 7.99. The second-order valence-corrected chi connectivity index (χ2v) is 6.92. The number of halogens is 1. The number of hydrogen-bond acceptors (Lipinski definition) is 4. The number of rotatable bonds is 5. The standard InChI is InChI=1S/C18H20BrN3O4/c1-20-13-9-22(10-14(25-3)26-4)16(11-5-7-12(19)8-6-11)15(13)17(23)21(2)18(20)24/h5-9,14H,10H2,1-4H3. The first-order chi connectivity index (χ1) is 12.4. The predicted molar refractivity (Wildman–Crippen MR) is 103 cm³/mol. The van der Waals surface area contributed by atoms with Crippen LogP contribution in [0.25, 0.3) is 22.2 Å². The zero-order valence-corrected chi connectivity index (χ0v) is 16.6. The highest BCUT2D eigenvalue weighted by Gasteiger charge is 2.21. The van der Waals surface area contributed by atoms with Gasteiger partial charge in [0, 0.05) is 39.0 Å². The lowest BCUT2D eigenvalue weighted by molar-refractivity contribution is -0.110. The normalized spacial score (nSPS) is 11.6. The summed E-state index contributed by atoms with van der Waals surface area (Å²) in [6.07, 6.45) is 1.31. The summed E-state index contributed by atoms with van der Waals surface area (Å²) < 4.78 is 16.1. The van der Waals surface area contributed by atoms with Crippen LogP contribution in [-0.2, 0) is 30.1 Å². The molecule has 7 nitrogen and oxygen atoms in total. The molecular formula is C18H20BrN3O4. The highest BCUT2D eigenvalue weighted by atomic mass is 79.9. The number of benzene rings is 1. The topological polar surface area (TPSA) is 67.4 Å². The Bertz CT molecular complexity index is 1060. The number of fused-ring (bicyclic) bond motifs is 1. The van der Waals surface area contributed by atoms with E-state index in [0.29, 0.717) is 17.4 Å². The zero-order chi connectivity index (χ0) is 19.0. The molecule has 2 heterocycles. The fourth-order valence-electron chi connectivity index (χ4n) is 3.06. The molecule has 0 radical (unpaired) electrons. The van der Waals surface area contributed by atoms with Crippen LogP contribution in [0.3, 0.4) is 0 Å². The molecule has 0 bridgehead atoms. The van der Waals surface area contributed by atoms with Crippen molar-refractivity contribution in [3.8, 4) is 11.3 Å². The van der Waals surface area contributed by atoms with Gasteiger partial charge in [-0.25, -0.2) is 4.79 Å². The number of methoxy groups -OCH3 is 2.